The van der Waals surface area contributed by atoms with Gasteiger partial charge in [0, 0.05) is 10.3 Å². The maximum atomic E-state index is 10.4. The molecule has 1 rings (SSSR count). The van der Waals surface area contributed by atoms with Crippen LogP contribution in [0.1, 0.15) is 6.30 Å². The Bertz CT molecular complexity index is 347. The van der Waals surface area contributed by atoms with Gasteiger partial charge in [0.1, 0.15) is 0 Å². The van der Waals surface area contributed by atoms with Gasteiger partial charge in [-0.2, -0.15) is 0 Å². The molecule has 0 saturated heterocycles. The zero-order valence-corrected chi connectivity index (χ0v) is 11.4. The standard InChI is InChI=1S/C6H7NO2S2.K.H/c7-11(8,9)5-3-6-2-1-4-10-6;;/h1-5H,(H2,7,8,9);;/q;+1;-1/b5-3+;;. The van der Waals surface area contributed by atoms with Crippen LogP contribution in [-0.4, -0.2) is 8.42 Å². The molecule has 0 spiro atoms. The molecule has 6 heteroatoms. The topological polar surface area (TPSA) is 60.2 Å². The minimum atomic E-state index is -3.47. The second kappa shape index (κ2) is 5.66. The summed E-state index contributed by atoms with van der Waals surface area (Å²) >= 11 is 1.46. The van der Waals surface area contributed by atoms with Gasteiger partial charge in [-0.25, -0.2) is 13.6 Å². The number of hydrogen-bond acceptors (Lipinski definition) is 3. The number of hydrogen-bond donors (Lipinski definition) is 1. The van der Waals surface area contributed by atoms with E-state index in [1.54, 1.807) is 0 Å². The number of nitrogens with two attached hydrogens (primary N) is 1. The average molecular weight is 229 g/mol. The van der Waals surface area contributed by atoms with E-state index in [4.69, 9.17) is 5.14 Å². The van der Waals surface area contributed by atoms with Gasteiger partial charge < -0.3 is 1.43 Å². The summed E-state index contributed by atoms with van der Waals surface area (Å²) in [5.74, 6) is 0. The van der Waals surface area contributed by atoms with E-state index in [1.807, 2.05) is 17.5 Å². The minimum Gasteiger partial charge on any atom is -1.00 e. The van der Waals surface area contributed by atoms with Crippen molar-refractivity contribution in [3.63, 3.8) is 0 Å². The summed E-state index contributed by atoms with van der Waals surface area (Å²) in [6, 6.07) is 3.65. The quantitative estimate of drug-likeness (QED) is 0.604. The second-order valence-electron chi connectivity index (χ2n) is 1.91. The molecule has 0 unspecified atom stereocenters. The molecule has 0 radical (unpaired) electrons. The van der Waals surface area contributed by atoms with Crippen molar-refractivity contribution in [3.8, 4) is 0 Å². The molecule has 0 aliphatic heterocycles. The summed E-state index contributed by atoms with van der Waals surface area (Å²) in [6.45, 7) is 0. The van der Waals surface area contributed by atoms with E-state index in [-0.39, 0.29) is 52.8 Å². The van der Waals surface area contributed by atoms with Crippen molar-refractivity contribution in [1.29, 1.82) is 0 Å². The van der Waals surface area contributed by atoms with Gasteiger partial charge in [-0.3, -0.25) is 0 Å². The van der Waals surface area contributed by atoms with E-state index in [0.717, 1.165) is 10.3 Å². The van der Waals surface area contributed by atoms with Crippen molar-refractivity contribution in [3.05, 3.63) is 27.8 Å². The van der Waals surface area contributed by atoms with Crippen LogP contribution >= 0.6 is 11.3 Å². The van der Waals surface area contributed by atoms with E-state index >= 15 is 0 Å². The molecule has 3 nitrogen and oxygen atoms in total. The molecule has 0 saturated carbocycles. The fourth-order valence-corrected chi connectivity index (χ4v) is 1.59. The fraction of sp³-hybridized carbons (Fsp3) is 0. The molecular formula is C6H8KNO2S2. The van der Waals surface area contributed by atoms with E-state index in [9.17, 15) is 8.42 Å². The first-order chi connectivity index (χ1) is 5.08. The first kappa shape index (κ1) is 13.0. The van der Waals surface area contributed by atoms with E-state index in [1.165, 1.54) is 17.4 Å². The Balaban J connectivity index is 0. The Labute approximate surface area is 120 Å². The largest absolute Gasteiger partial charge is 1.00 e. The Kier molecular flexibility index (Phi) is 6.13. The maximum absolute atomic E-state index is 10.4. The normalized spacial score (nSPS) is 11.4. The van der Waals surface area contributed by atoms with E-state index in [2.05, 4.69) is 0 Å². The van der Waals surface area contributed by atoms with E-state index in [0.29, 0.717) is 0 Å². The summed E-state index contributed by atoms with van der Waals surface area (Å²) in [7, 11) is -3.47. The zero-order chi connectivity index (χ0) is 8.32. The van der Waals surface area contributed by atoms with Gasteiger partial charge in [-0.1, -0.05) is 6.07 Å². The molecule has 0 aromatic carbocycles. The number of thiophene rings is 1. The Morgan fingerprint density at radius 2 is 2.25 bits per heavy atom. The molecule has 12 heavy (non-hydrogen) atoms. The van der Waals surface area contributed by atoms with Gasteiger partial charge in [-0.05, 0) is 17.5 Å². The molecule has 1 heterocycles. The predicted octanol–water partition coefficient (Wildman–Crippen LogP) is -1.88. The number of sulfonamides is 1. The summed E-state index contributed by atoms with van der Waals surface area (Å²) < 4.78 is 20.8. The van der Waals surface area contributed by atoms with Crippen LogP contribution in [0.15, 0.2) is 22.9 Å². The van der Waals surface area contributed by atoms with Crippen molar-refractivity contribution >= 4 is 27.4 Å². The molecule has 0 aliphatic carbocycles. The molecule has 0 fully saturated rings. The summed E-state index contributed by atoms with van der Waals surface area (Å²) in [5.41, 5.74) is 0. The second-order valence-corrected chi connectivity index (χ2v) is 4.34. The van der Waals surface area contributed by atoms with Crippen LogP contribution in [0.3, 0.4) is 0 Å². The van der Waals surface area contributed by atoms with Crippen LogP contribution < -0.4 is 56.5 Å². The van der Waals surface area contributed by atoms with Gasteiger partial charge in [0.15, 0.2) is 0 Å². The number of primary sulfonamides is 1. The molecule has 1 aromatic heterocycles. The Hall–Kier alpha value is 0.986. The summed E-state index contributed by atoms with van der Waals surface area (Å²) in [4.78, 5) is 0.874. The molecule has 0 aliphatic rings. The third-order valence-electron chi connectivity index (χ3n) is 0.965. The van der Waals surface area contributed by atoms with Crippen molar-refractivity contribution in [2.45, 2.75) is 0 Å². The van der Waals surface area contributed by atoms with Crippen LogP contribution in [0.4, 0.5) is 0 Å². The van der Waals surface area contributed by atoms with Crippen LogP contribution in [0.5, 0.6) is 0 Å². The van der Waals surface area contributed by atoms with Crippen molar-refractivity contribution in [2.24, 2.45) is 5.14 Å². The predicted molar refractivity (Wildman–Crippen MR) is 47.6 cm³/mol. The van der Waals surface area contributed by atoms with Gasteiger partial charge >= 0.3 is 51.4 Å². The van der Waals surface area contributed by atoms with Gasteiger partial charge in [0.25, 0.3) is 0 Å². The molecule has 2 N–H and O–H groups in total. The molecule has 0 bridgehead atoms. The molecule has 1 aromatic rings. The maximum Gasteiger partial charge on any atom is 1.00 e. The smallest absolute Gasteiger partial charge is 1.00 e. The van der Waals surface area contributed by atoms with Gasteiger partial charge in [0.2, 0.25) is 10.0 Å². The molecule has 0 atom stereocenters. The van der Waals surface area contributed by atoms with Gasteiger partial charge in [-0.15, -0.1) is 11.3 Å². The minimum absolute atomic E-state index is 0. The first-order valence-corrected chi connectivity index (χ1v) is 5.31. The van der Waals surface area contributed by atoms with E-state index < -0.39 is 10.0 Å². The van der Waals surface area contributed by atoms with Crippen LogP contribution in [0, 0.1) is 0 Å². The first-order valence-electron chi connectivity index (χ1n) is 2.82. The fourth-order valence-electron chi connectivity index (χ4n) is 0.548. The van der Waals surface area contributed by atoms with Crippen LogP contribution in [-0.2, 0) is 10.0 Å². The molecular weight excluding hydrogens is 221 g/mol. The third-order valence-corrected chi connectivity index (χ3v) is 2.32. The van der Waals surface area contributed by atoms with Crippen LogP contribution in [0.25, 0.3) is 6.08 Å². The van der Waals surface area contributed by atoms with Crippen molar-refractivity contribution < 1.29 is 61.2 Å². The van der Waals surface area contributed by atoms with Crippen molar-refractivity contribution in [2.75, 3.05) is 0 Å². The van der Waals surface area contributed by atoms with Crippen molar-refractivity contribution in [1.82, 2.24) is 0 Å². The summed E-state index contributed by atoms with van der Waals surface area (Å²) in [5, 5.41) is 7.59. The summed E-state index contributed by atoms with van der Waals surface area (Å²) in [6.07, 6.45) is 1.47. The zero-order valence-electron chi connectivity index (χ0n) is 7.60. The monoisotopic (exact) mass is 229 g/mol. The van der Waals surface area contributed by atoms with Crippen LogP contribution in [0.2, 0.25) is 0 Å². The third kappa shape index (κ3) is 5.60. The Morgan fingerprint density at radius 3 is 2.67 bits per heavy atom. The number of rotatable bonds is 2. The average Bonchev–Trinajstić information content (AvgIpc) is 2.32. The molecule has 62 valence electrons. The molecule has 0 amide bonds. The SMILES string of the molecule is NS(=O)(=O)/C=C/c1cccs1.[H-].[K+]. The Morgan fingerprint density at radius 1 is 1.58 bits per heavy atom. The van der Waals surface area contributed by atoms with Gasteiger partial charge in [0.05, 0.1) is 0 Å².